The van der Waals surface area contributed by atoms with Crippen LogP contribution in [0.5, 0.6) is 0 Å². The predicted octanol–water partition coefficient (Wildman–Crippen LogP) is 1.05. The Kier molecular flexibility index (Phi) is 3.87. The quantitative estimate of drug-likeness (QED) is 0.702. The summed E-state index contributed by atoms with van der Waals surface area (Å²) < 4.78 is 0. The molecule has 2 atom stereocenters. The number of likely N-dealkylation sites (N-methyl/N-ethyl adjacent to an activating group) is 1. The van der Waals surface area contributed by atoms with Gasteiger partial charge in [-0.05, 0) is 13.0 Å². The average Bonchev–Trinajstić information content (AvgIpc) is 2.04. The highest BCUT2D eigenvalue weighted by Gasteiger charge is 2.28. The second-order valence-electron chi connectivity index (χ2n) is 3.86. The lowest BCUT2D eigenvalue weighted by Gasteiger charge is -2.36. The molecule has 0 bridgehead atoms. The average molecular weight is 189 g/mol. The van der Waals surface area contributed by atoms with Crippen molar-refractivity contribution in [3.8, 4) is 0 Å². The number of hydrogen-bond donors (Lipinski definition) is 1. The third kappa shape index (κ3) is 2.38. The molecule has 0 amide bonds. The summed E-state index contributed by atoms with van der Waals surface area (Å²) in [4.78, 5) is 2.28. The van der Waals surface area contributed by atoms with E-state index in [4.69, 9.17) is 0 Å². The van der Waals surface area contributed by atoms with Crippen molar-refractivity contribution in [1.82, 2.24) is 4.90 Å². The maximum absolute atomic E-state index is 9.87. The lowest BCUT2D eigenvalue weighted by Crippen LogP contribution is -2.48. The SMILES string of the molecule is CC(C)C(O)C1CSCCN1C. The lowest BCUT2D eigenvalue weighted by molar-refractivity contribution is 0.0419. The molecule has 1 heterocycles. The number of rotatable bonds is 2. The van der Waals surface area contributed by atoms with E-state index in [1.54, 1.807) is 0 Å². The topological polar surface area (TPSA) is 23.5 Å². The summed E-state index contributed by atoms with van der Waals surface area (Å²) in [6, 6.07) is 0.365. The van der Waals surface area contributed by atoms with E-state index < -0.39 is 0 Å². The van der Waals surface area contributed by atoms with Crippen LogP contribution < -0.4 is 0 Å². The minimum Gasteiger partial charge on any atom is -0.391 e. The summed E-state index contributed by atoms with van der Waals surface area (Å²) in [5, 5.41) is 9.87. The van der Waals surface area contributed by atoms with Crippen LogP contribution in [-0.4, -0.2) is 47.3 Å². The van der Waals surface area contributed by atoms with Crippen molar-refractivity contribution < 1.29 is 5.11 Å². The maximum atomic E-state index is 9.87. The zero-order chi connectivity index (χ0) is 9.14. The van der Waals surface area contributed by atoms with Gasteiger partial charge in [0, 0.05) is 24.1 Å². The Hall–Kier alpha value is 0.270. The first-order chi connectivity index (χ1) is 5.63. The molecule has 0 aromatic carbocycles. The molecule has 0 spiro atoms. The van der Waals surface area contributed by atoms with Crippen molar-refractivity contribution in [2.24, 2.45) is 5.92 Å². The normalized spacial score (nSPS) is 29.2. The van der Waals surface area contributed by atoms with Gasteiger partial charge < -0.3 is 5.11 Å². The Labute approximate surface area is 79.3 Å². The van der Waals surface area contributed by atoms with Crippen molar-refractivity contribution in [3.05, 3.63) is 0 Å². The molecule has 1 saturated heterocycles. The van der Waals surface area contributed by atoms with Crippen LogP contribution >= 0.6 is 11.8 Å². The summed E-state index contributed by atoms with van der Waals surface area (Å²) in [5.74, 6) is 2.66. The molecule has 2 unspecified atom stereocenters. The van der Waals surface area contributed by atoms with Crippen LogP contribution in [-0.2, 0) is 0 Å². The summed E-state index contributed by atoms with van der Waals surface area (Å²) >= 11 is 1.95. The summed E-state index contributed by atoms with van der Waals surface area (Å²) in [6.07, 6.45) is -0.164. The first-order valence-corrected chi connectivity index (χ1v) is 5.74. The van der Waals surface area contributed by atoms with Crippen molar-refractivity contribution >= 4 is 11.8 Å². The van der Waals surface area contributed by atoms with Crippen LogP contribution in [0.4, 0.5) is 0 Å². The molecule has 1 fully saturated rings. The molecular formula is C9H19NOS. The van der Waals surface area contributed by atoms with Crippen molar-refractivity contribution in [2.45, 2.75) is 26.0 Å². The van der Waals surface area contributed by atoms with Crippen LogP contribution in [0.1, 0.15) is 13.8 Å². The van der Waals surface area contributed by atoms with Crippen LogP contribution in [0.15, 0.2) is 0 Å². The standard InChI is InChI=1S/C9H19NOS/c1-7(2)9(11)8-6-12-5-4-10(8)3/h7-9,11H,4-6H2,1-3H3. The van der Waals surface area contributed by atoms with E-state index in [0.717, 1.165) is 12.3 Å². The predicted molar refractivity (Wildman–Crippen MR) is 54.6 cm³/mol. The third-order valence-corrected chi connectivity index (χ3v) is 3.57. The molecule has 0 aliphatic carbocycles. The van der Waals surface area contributed by atoms with Gasteiger partial charge in [-0.3, -0.25) is 4.90 Å². The molecule has 12 heavy (non-hydrogen) atoms. The smallest absolute Gasteiger partial charge is 0.0726 e. The van der Waals surface area contributed by atoms with Crippen LogP contribution in [0.3, 0.4) is 0 Å². The molecule has 0 saturated carbocycles. The van der Waals surface area contributed by atoms with Gasteiger partial charge in [0.05, 0.1) is 6.10 Å². The monoisotopic (exact) mass is 189 g/mol. The zero-order valence-electron chi connectivity index (χ0n) is 8.16. The first kappa shape index (κ1) is 10.4. The third-order valence-electron chi connectivity index (χ3n) is 2.52. The largest absolute Gasteiger partial charge is 0.391 e. The highest BCUT2D eigenvalue weighted by atomic mass is 32.2. The minimum absolute atomic E-state index is 0.164. The van der Waals surface area contributed by atoms with E-state index in [2.05, 4.69) is 25.8 Å². The van der Waals surface area contributed by atoms with Crippen LogP contribution in [0.25, 0.3) is 0 Å². The Morgan fingerprint density at radius 3 is 2.67 bits per heavy atom. The Bertz CT molecular complexity index is 140. The molecule has 2 nitrogen and oxygen atoms in total. The molecule has 3 heteroatoms. The summed E-state index contributed by atoms with van der Waals surface area (Å²) in [5.41, 5.74) is 0. The fraction of sp³-hybridized carbons (Fsp3) is 1.00. The molecule has 1 N–H and O–H groups in total. The van der Waals surface area contributed by atoms with E-state index in [0.29, 0.717) is 12.0 Å². The molecular weight excluding hydrogens is 170 g/mol. The van der Waals surface area contributed by atoms with Crippen molar-refractivity contribution in [1.29, 1.82) is 0 Å². The van der Waals surface area contributed by atoms with Gasteiger partial charge in [0.25, 0.3) is 0 Å². The van der Waals surface area contributed by atoms with Gasteiger partial charge in [-0.25, -0.2) is 0 Å². The second kappa shape index (κ2) is 4.49. The first-order valence-electron chi connectivity index (χ1n) is 4.59. The highest BCUT2D eigenvalue weighted by molar-refractivity contribution is 7.99. The Morgan fingerprint density at radius 1 is 1.50 bits per heavy atom. The number of nitrogens with zero attached hydrogens (tertiary/aromatic N) is 1. The van der Waals surface area contributed by atoms with Crippen LogP contribution in [0, 0.1) is 5.92 Å². The lowest BCUT2D eigenvalue weighted by atomic mass is 10.00. The Balaban J connectivity index is 2.47. The number of aliphatic hydroxyl groups excluding tert-OH is 1. The van der Waals surface area contributed by atoms with Crippen molar-refractivity contribution in [3.63, 3.8) is 0 Å². The molecule has 1 aliphatic heterocycles. The zero-order valence-corrected chi connectivity index (χ0v) is 8.97. The highest BCUT2D eigenvalue weighted by Crippen LogP contribution is 2.20. The molecule has 0 aromatic heterocycles. The van der Waals surface area contributed by atoms with E-state index in [1.165, 1.54) is 5.75 Å². The van der Waals surface area contributed by atoms with Gasteiger partial charge in [-0.1, -0.05) is 13.8 Å². The van der Waals surface area contributed by atoms with E-state index in [-0.39, 0.29) is 6.10 Å². The Morgan fingerprint density at radius 2 is 2.17 bits per heavy atom. The van der Waals surface area contributed by atoms with Crippen LogP contribution in [0.2, 0.25) is 0 Å². The number of hydrogen-bond acceptors (Lipinski definition) is 3. The second-order valence-corrected chi connectivity index (χ2v) is 5.01. The van der Waals surface area contributed by atoms with Gasteiger partial charge in [0.1, 0.15) is 0 Å². The minimum atomic E-state index is -0.164. The molecule has 1 rings (SSSR count). The van der Waals surface area contributed by atoms with E-state index >= 15 is 0 Å². The van der Waals surface area contributed by atoms with Gasteiger partial charge >= 0.3 is 0 Å². The van der Waals surface area contributed by atoms with Gasteiger partial charge in [-0.2, -0.15) is 11.8 Å². The fourth-order valence-electron chi connectivity index (χ4n) is 1.51. The van der Waals surface area contributed by atoms with E-state index in [9.17, 15) is 5.11 Å². The summed E-state index contributed by atoms with van der Waals surface area (Å²) in [7, 11) is 2.11. The molecule has 1 aliphatic rings. The van der Waals surface area contributed by atoms with Gasteiger partial charge in [0.2, 0.25) is 0 Å². The molecule has 72 valence electrons. The van der Waals surface area contributed by atoms with Gasteiger partial charge in [-0.15, -0.1) is 0 Å². The number of thioether (sulfide) groups is 1. The van der Waals surface area contributed by atoms with E-state index in [1.807, 2.05) is 11.8 Å². The molecule has 0 aromatic rings. The maximum Gasteiger partial charge on any atom is 0.0726 e. The van der Waals surface area contributed by atoms with Gasteiger partial charge in [0.15, 0.2) is 0 Å². The fourth-order valence-corrected chi connectivity index (χ4v) is 2.79. The molecule has 0 radical (unpaired) electrons. The summed E-state index contributed by atoms with van der Waals surface area (Å²) in [6.45, 7) is 5.27. The number of aliphatic hydroxyl groups is 1. The van der Waals surface area contributed by atoms with Crippen molar-refractivity contribution in [2.75, 3.05) is 25.1 Å².